The molecule has 1 fully saturated rings. The second-order valence-electron chi connectivity index (χ2n) is 8.08. The number of rotatable bonds is 6. The van der Waals surface area contributed by atoms with E-state index in [4.69, 9.17) is 4.74 Å². The van der Waals surface area contributed by atoms with E-state index < -0.39 is 0 Å². The molecule has 0 radical (unpaired) electrons. The van der Waals surface area contributed by atoms with E-state index in [0.29, 0.717) is 16.2 Å². The van der Waals surface area contributed by atoms with Crippen LogP contribution < -0.4 is 4.74 Å². The van der Waals surface area contributed by atoms with Crippen LogP contribution in [0.15, 0.2) is 95.9 Å². The van der Waals surface area contributed by atoms with Crippen molar-refractivity contribution in [2.24, 2.45) is 0 Å². The highest BCUT2D eigenvalue weighted by Gasteiger charge is 2.35. The number of carbonyl (C=O) groups excluding carboxylic acids is 2. The van der Waals surface area contributed by atoms with Gasteiger partial charge in [-0.25, -0.2) is 0 Å². The Balaban J connectivity index is 1.26. The fraction of sp³-hybridized carbons (Fsp3) is 0.0690. The zero-order valence-corrected chi connectivity index (χ0v) is 19.5. The molecule has 2 amide bonds. The van der Waals surface area contributed by atoms with Crippen molar-refractivity contribution in [2.45, 2.75) is 13.2 Å². The smallest absolute Gasteiger partial charge is 0.293 e. The van der Waals surface area contributed by atoms with Gasteiger partial charge in [0.05, 0.1) is 23.1 Å². The normalized spacial score (nSPS) is 14.5. The third-order valence-corrected chi connectivity index (χ3v) is 6.65. The van der Waals surface area contributed by atoms with Gasteiger partial charge in [0.25, 0.3) is 11.1 Å². The molecule has 5 rings (SSSR count). The number of benzene rings is 4. The molecular formula is C29H20N2O3S. The van der Waals surface area contributed by atoms with Crippen molar-refractivity contribution in [3.63, 3.8) is 0 Å². The second-order valence-corrected chi connectivity index (χ2v) is 9.07. The lowest BCUT2D eigenvalue weighted by Crippen LogP contribution is -2.27. The van der Waals surface area contributed by atoms with Crippen LogP contribution in [0.4, 0.5) is 4.79 Å². The molecule has 1 aliphatic heterocycles. The van der Waals surface area contributed by atoms with Gasteiger partial charge in [-0.1, -0.05) is 66.7 Å². The minimum atomic E-state index is -0.290. The lowest BCUT2D eigenvalue weighted by Gasteiger charge is -2.13. The summed E-state index contributed by atoms with van der Waals surface area (Å²) < 4.78 is 5.81. The lowest BCUT2D eigenvalue weighted by atomic mass is 10.1. The molecule has 4 aromatic rings. The summed E-state index contributed by atoms with van der Waals surface area (Å²) in [4.78, 5) is 27.2. The van der Waals surface area contributed by atoms with Gasteiger partial charge in [-0.2, -0.15) is 5.26 Å². The Morgan fingerprint density at radius 3 is 2.43 bits per heavy atom. The van der Waals surface area contributed by atoms with Crippen molar-refractivity contribution < 1.29 is 14.3 Å². The molecule has 1 aliphatic rings. The first kappa shape index (κ1) is 22.5. The minimum Gasteiger partial charge on any atom is -0.489 e. The zero-order valence-electron chi connectivity index (χ0n) is 18.7. The van der Waals surface area contributed by atoms with Crippen molar-refractivity contribution in [1.82, 2.24) is 4.90 Å². The molecule has 0 aromatic heterocycles. The van der Waals surface area contributed by atoms with Crippen LogP contribution in [0, 0.1) is 11.3 Å². The maximum absolute atomic E-state index is 12.9. The number of nitrogens with zero attached hydrogens (tertiary/aromatic N) is 2. The Hall–Kier alpha value is -4.34. The van der Waals surface area contributed by atoms with Gasteiger partial charge >= 0.3 is 0 Å². The summed E-state index contributed by atoms with van der Waals surface area (Å²) in [6.45, 7) is 0.528. The molecular weight excluding hydrogens is 456 g/mol. The molecule has 0 N–H and O–H groups in total. The highest BCUT2D eigenvalue weighted by Crippen LogP contribution is 2.34. The van der Waals surface area contributed by atoms with E-state index in [1.807, 2.05) is 72.8 Å². The first-order valence-electron chi connectivity index (χ1n) is 11.0. The van der Waals surface area contributed by atoms with Crippen molar-refractivity contribution in [3.05, 3.63) is 118 Å². The highest BCUT2D eigenvalue weighted by molar-refractivity contribution is 8.18. The highest BCUT2D eigenvalue weighted by atomic mass is 32.2. The van der Waals surface area contributed by atoms with Gasteiger partial charge in [-0.15, -0.1) is 0 Å². The second kappa shape index (κ2) is 9.88. The fourth-order valence-corrected chi connectivity index (χ4v) is 4.72. The number of hydrogen-bond donors (Lipinski definition) is 0. The molecule has 6 heteroatoms. The third kappa shape index (κ3) is 4.96. The average molecular weight is 477 g/mol. The average Bonchev–Trinajstić information content (AvgIpc) is 3.15. The van der Waals surface area contributed by atoms with E-state index in [0.717, 1.165) is 39.2 Å². The number of nitriles is 1. The van der Waals surface area contributed by atoms with Gasteiger partial charge < -0.3 is 4.74 Å². The first-order chi connectivity index (χ1) is 17.1. The Labute approximate surface area is 207 Å². The number of carbonyl (C=O) groups is 2. The van der Waals surface area contributed by atoms with E-state index >= 15 is 0 Å². The van der Waals surface area contributed by atoms with Crippen molar-refractivity contribution >= 4 is 39.8 Å². The van der Waals surface area contributed by atoms with Gasteiger partial charge in [0.2, 0.25) is 0 Å². The standard InChI is InChI=1S/C29H20N2O3S/c30-17-24-7-3-4-8-25(24)19-34-26-13-10-20(11-14-26)16-27-28(32)31(29(33)35-27)18-21-9-12-22-5-1-2-6-23(22)15-21/h1-16H,18-19H2/b27-16-. The number of fused-ring (bicyclic) bond motifs is 1. The number of amides is 2. The third-order valence-electron chi connectivity index (χ3n) is 5.74. The molecule has 0 aliphatic carbocycles. The maximum atomic E-state index is 12.9. The number of ether oxygens (including phenoxy) is 1. The minimum absolute atomic E-state index is 0.240. The number of thioether (sulfide) groups is 1. The summed E-state index contributed by atoms with van der Waals surface area (Å²) in [6.07, 6.45) is 1.72. The van der Waals surface area contributed by atoms with Crippen molar-refractivity contribution in [1.29, 1.82) is 5.26 Å². The summed E-state index contributed by atoms with van der Waals surface area (Å²) in [6, 6.07) is 30.7. The van der Waals surface area contributed by atoms with Gasteiger partial charge in [0.15, 0.2) is 0 Å². The lowest BCUT2D eigenvalue weighted by molar-refractivity contribution is -0.123. The Kier molecular flexibility index (Phi) is 6.34. The zero-order chi connectivity index (χ0) is 24.2. The molecule has 170 valence electrons. The van der Waals surface area contributed by atoms with E-state index in [-0.39, 0.29) is 24.3 Å². The molecule has 1 heterocycles. The summed E-state index contributed by atoms with van der Waals surface area (Å²) in [5, 5.41) is 11.1. The quantitative estimate of drug-likeness (QED) is 0.296. The molecule has 0 bridgehead atoms. The molecule has 0 atom stereocenters. The molecule has 5 nitrogen and oxygen atoms in total. The van der Waals surface area contributed by atoms with Crippen LogP contribution in [0.2, 0.25) is 0 Å². The van der Waals surface area contributed by atoms with Crippen LogP contribution in [0.1, 0.15) is 22.3 Å². The summed E-state index contributed by atoms with van der Waals surface area (Å²) in [5.41, 5.74) is 3.11. The van der Waals surface area contributed by atoms with Gasteiger partial charge in [-0.3, -0.25) is 14.5 Å². The maximum Gasteiger partial charge on any atom is 0.293 e. The van der Waals surface area contributed by atoms with Crippen LogP contribution in [-0.4, -0.2) is 16.0 Å². The Morgan fingerprint density at radius 2 is 1.63 bits per heavy atom. The fourth-order valence-electron chi connectivity index (χ4n) is 3.88. The number of imide groups is 1. The monoisotopic (exact) mass is 476 g/mol. The summed E-state index contributed by atoms with van der Waals surface area (Å²) >= 11 is 0.952. The molecule has 35 heavy (non-hydrogen) atoms. The van der Waals surface area contributed by atoms with E-state index in [1.165, 1.54) is 4.90 Å². The van der Waals surface area contributed by atoms with Crippen molar-refractivity contribution in [3.8, 4) is 11.8 Å². The topological polar surface area (TPSA) is 70.4 Å². The molecule has 0 unspecified atom stereocenters. The molecule has 0 spiro atoms. The van der Waals surface area contributed by atoms with Crippen LogP contribution in [0.5, 0.6) is 5.75 Å². The van der Waals surface area contributed by atoms with Gasteiger partial charge in [0.1, 0.15) is 12.4 Å². The predicted octanol–water partition coefficient (Wildman–Crippen LogP) is 6.53. The van der Waals surface area contributed by atoms with E-state index in [9.17, 15) is 14.9 Å². The Bertz CT molecular complexity index is 1500. The van der Waals surface area contributed by atoms with E-state index in [1.54, 1.807) is 24.3 Å². The largest absolute Gasteiger partial charge is 0.489 e. The van der Waals surface area contributed by atoms with Crippen LogP contribution in [0.3, 0.4) is 0 Å². The Morgan fingerprint density at radius 1 is 0.886 bits per heavy atom. The van der Waals surface area contributed by atoms with E-state index in [2.05, 4.69) is 6.07 Å². The molecule has 1 saturated heterocycles. The summed E-state index contributed by atoms with van der Waals surface area (Å²) in [5.74, 6) is 0.362. The molecule has 4 aromatic carbocycles. The first-order valence-corrected chi connectivity index (χ1v) is 11.9. The summed E-state index contributed by atoms with van der Waals surface area (Å²) in [7, 11) is 0. The predicted molar refractivity (Wildman–Crippen MR) is 137 cm³/mol. The number of hydrogen-bond acceptors (Lipinski definition) is 5. The SMILES string of the molecule is N#Cc1ccccc1COc1ccc(/C=C2\SC(=O)N(Cc3ccc4ccccc4c3)C2=O)cc1. The van der Waals surface area contributed by atoms with Gasteiger partial charge in [0, 0.05) is 5.56 Å². The van der Waals surface area contributed by atoms with Crippen LogP contribution >= 0.6 is 11.8 Å². The van der Waals surface area contributed by atoms with Gasteiger partial charge in [-0.05, 0) is 64.0 Å². The molecule has 0 saturated carbocycles. The van der Waals surface area contributed by atoms with Crippen LogP contribution in [-0.2, 0) is 17.9 Å². The van der Waals surface area contributed by atoms with Crippen molar-refractivity contribution in [2.75, 3.05) is 0 Å². The van der Waals surface area contributed by atoms with Crippen LogP contribution in [0.25, 0.3) is 16.8 Å².